The van der Waals surface area contributed by atoms with E-state index in [1.807, 2.05) is 13.8 Å². The van der Waals surface area contributed by atoms with E-state index in [-0.39, 0.29) is 30.3 Å². The summed E-state index contributed by atoms with van der Waals surface area (Å²) in [4.78, 5) is 25.9. The summed E-state index contributed by atoms with van der Waals surface area (Å²) in [6, 6.07) is 1.53. The lowest BCUT2D eigenvalue weighted by Crippen LogP contribution is -2.45. The molecule has 0 radical (unpaired) electrons. The Morgan fingerprint density at radius 3 is 2.55 bits per heavy atom. The van der Waals surface area contributed by atoms with E-state index in [0.29, 0.717) is 6.54 Å². The first-order chi connectivity index (χ1) is 10.1. The highest BCUT2D eigenvalue weighted by Gasteiger charge is 2.31. The third-order valence-electron chi connectivity index (χ3n) is 3.62. The quantitative estimate of drug-likeness (QED) is 0.864. The zero-order chi connectivity index (χ0) is 16.9. The molecule has 0 spiro atoms. The van der Waals surface area contributed by atoms with Crippen molar-refractivity contribution >= 4 is 12.0 Å². The molecule has 2 unspecified atom stereocenters. The van der Waals surface area contributed by atoms with E-state index in [1.54, 1.807) is 25.7 Å². The Hall–Kier alpha value is -1.77. The Morgan fingerprint density at radius 2 is 2.05 bits per heavy atom. The number of nitrogens with zero attached hydrogens (tertiary/aromatic N) is 2. The van der Waals surface area contributed by atoms with Gasteiger partial charge in [0.25, 0.3) is 0 Å². The van der Waals surface area contributed by atoms with Gasteiger partial charge in [-0.2, -0.15) is 5.26 Å². The lowest BCUT2D eigenvalue weighted by atomic mass is 10.0. The van der Waals surface area contributed by atoms with Gasteiger partial charge in [-0.25, -0.2) is 4.79 Å². The maximum Gasteiger partial charge on any atom is 0.407 e. The Balaban J connectivity index is 2.63. The van der Waals surface area contributed by atoms with Crippen LogP contribution in [0.1, 0.15) is 53.9 Å². The predicted molar refractivity (Wildman–Crippen MR) is 83.0 cm³/mol. The zero-order valence-corrected chi connectivity index (χ0v) is 14.2. The summed E-state index contributed by atoms with van der Waals surface area (Å²) >= 11 is 0. The molecule has 1 aliphatic rings. The van der Waals surface area contributed by atoms with Gasteiger partial charge in [0.2, 0.25) is 5.91 Å². The second-order valence-corrected chi connectivity index (χ2v) is 7.08. The molecule has 0 saturated carbocycles. The average Bonchev–Trinajstić information content (AvgIpc) is 2.83. The van der Waals surface area contributed by atoms with Crippen molar-refractivity contribution in [1.82, 2.24) is 10.2 Å². The van der Waals surface area contributed by atoms with Crippen molar-refractivity contribution in [3.05, 3.63) is 0 Å². The summed E-state index contributed by atoms with van der Waals surface area (Å²) in [5.41, 5.74) is -0.573. The van der Waals surface area contributed by atoms with E-state index in [1.165, 1.54) is 0 Å². The molecule has 0 aromatic carbocycles. The predicted octanol–water partition coefficient (Wildman–Crippen LogP) is 2.44. The van der Waals surface area contributed by atoms with Crippen LogP contribution in [0, 0.1) is 17.2 Å². The van der Waals surface area contributed by atoms with Crippen LogP contribution in [0.3, 0.4) is 0 Å². The summed E-state index contributed by atoms with van der Waals surface area (Å²) in [6.45, 7) is 9.90. The molecule has 1 fully saturated rings. The topological polar surface area (TPSA) is 82.4 Å². The summed E-state index contributed by atoms with van der Waals surface area (Å²) in [5, 5.41) is 11.8. The molecule has 0 aliphatic carbocycles. The number of amides is 2. The minimum atomic E-state index is -0.573. The van der Waals surface area contributed by atoms with Crippen molar-refractivity contribution in [3.8, 4) is 6.07 Å². The van der Waals surface area contributed by atoms with Crippen molar-refractivity contribution in [2.75, 3.05) is 6.54 Å². The highest BCUT2D eigenvalue weighted by Crippen LogP contribution is 2.19. The molecule has 2 amide bonds. The van der Waals surface area contributed by atoms with Gasteiger partial charge in [0.15, 0.2) is 0 Å². The van der Waals surface area contributed by atoms with Gasteiger partial charge in [-0.05, 0) is 39.5 Å². The number of ether oxygens (including phenoxy) is 1. The molecule has 2 atom stereocenters. The molecule has 22 heavy (non-hydrogen) atoms. The maximum absolute atomic E-state index is 12.4. The molecular formula is C16H27N3O3. The second-order valence-electron chi connectivity index (χ2n) is 7.08. The minimum absolute atomic E-state index is 0.0844. The van der Waals surface area contributed by atoms with Gasteiger partial charge < -0.3 is 15.0 Å². The van der Waals surface area contributed by atoms with Crippen molar-refractivity contribution in [3.63, 3.8) is 0 Å². The van der Waals surface area contributed by atoms with Crippen molar-refractivity contribution in [2.45, 2.75) is 71.6 Å². The van der Waals surface area contributed by atoms with Crippen molar-refractivity contribution in [1.29, 1.82) is 5.26 Å². The van der Waals surface area contributed by atoms with Crippen LogP contribution in [0.15, 0.2) is 0 Å². The Kier molecular flexibility index (Phi) is 6.21. The van der Waals surface area contributed by atoms with Gasteiger partial charge in [-0.15, -0.1) is 0 Å². The van der Waals surface area contributed by atoms with Crippen LogP contribution in [0.4, 0.5) is 4.79 Å². The first-order valence-electron chi connectivity index (χ1n) is 7.82. The normalized spacial score (nSPS) is 19.7. The number of rotatable bonds is 4. The van der Waals surface area contributed by atoms with Crippen LogP contribution in [-0.2, 0) is 9.53 Å². The monoisotopic (exact) mass is 309 g/mol. The second kappa shape index (κ2) is 7.48. The molecular weight excluding hydrogens is 282 g/mol. The standard InChI is InChI=1S/C16H27N3O3/c1-11(2)13(18-15(21)22-16(3,4)5)9-14(20)19-8-6-7-12(19)10-17/h11-13H,6-9H2,1-5H3,(H,18,21). The van der Waals surface area contributed by atoms with E-state index >= 15 is 0 Å². The fourth-order valence-electron chi connectivity index (χ4n) is 2.42. The smallest absolute Gasteiger partial charge is 0.407 e. The lowest BCUT2D eigenvalue weighted by Gasteiger charge is -2.27. The molecule has 0 aromatic heterocycles. The van der Waals surface area contributed by atoms with E-state index in [4.69, 9.17) is 10.00 Å². The minimum Gasteiger partial charge on any atom is -0.444 e. The summed E-state index contributed by atoms with van der Waals surface area (Å²) in [6.07, 6.45) is 1.26. The molecule has 6 heteroatoms. The first kappa shape index (κ1) is 18.3. The van der Waals surface area contributed by atoms with Crippen molar-refractivity contribution in [2.24, 2.45) is 5.92 Å². The lowest BCUT2D eigenvalue weighted by molar-refractivity contribution is -0.131. The Morgan fingerprint density at radius 1 is 1.41 bits per heavy atom. The fourth-order valence-corrected chi connectivity index (χ4v) is 2.42. The van der Waals surface area contributed by atoms with E-state index in [0.717, 1.165) is 12.8 Å². The molecule has 6 nitrogen and oxygen atoms in total. The molecule has 1 rings (SSSR count). The third-order valence-corrected chi connectivity index (χ3v) is 3.62. The van der Waals surface area contributed by atoms with Crippen molar-refractivity contribution < 1.29 is 14.3 Å². The molecule has 0 aromatic rings. The van der Waals surface area contributed by atoms with Gasteiger partial charge in [0.05, 0.1) is 6.07 Å². The van der Waals surface area contributed by atoms with Gasteiger partial charge in [-0.1, -0.05) is 13.8 Å². The number of carbonyl (C=O) groups is 2. The van der Waals surface area contributed by atoms with Gasteiger partial charge >= 0.3 is 6.09 Å². The Labute approximate surface area is 132 Å². The molecule has 1 saturated heterocycles. The van der Waals surface area contributed by atoms with Gasteiger partial charge in [0.1, 0.15) is 11.6 Å². The van der Waals surface area contributed by atoms with E-state index in [2.05, 4.69) is 11.4 Å². The molecule has 0 bridgehead atoms. The number of nitrogens with one attached hydrogen (secondary N) is 1. The first-order valence-corrected chi connectivity index (χ1v) is 7.82. The van der Waals surface area contributed by atoms with Crippen LogP contribution in [0.25, 0.3) is 0 Å². The molecule has 1 N–H and O–H groups in total. The third kappa shape index (κ3) is 5.55. The average molecular weight is 309 g/mol. The zero-order valence-electron chi connectivity index (χ0n) is 14.2. The highest BCUT2D eigenvalue weighted by molar-refractivity contribution is 5.79. The number of nitriles is 1. The van der Waals surface area contributed by atoms with Crippen LogP contribution < -0.4 is 5.32 Å². The van der Waals surface area contributed by atoms with Crippen LogP contribution in [0.2, 0.25) is 0 Å². The van der Waals surface area contributed by atoms with E-state index < -0.39 is 11.7 Å². The SMILES string of the molecule is CC(C)C(CC(=O)N1CCCC1C#N)NC(=O)OC(C)(C)C. The highest BCUT2D eigenvalue weighted by atomic mass is 16.6. The summed E-state index contributed by atoms with van der Waals surface area (Å²) in [5.74, 6) is 0.0124. The number of alkyl carbamates (subject to hydrolysis) is 1. The largest absolute Gasteiger partial charge is 0.444 e. The fraction of sp³-hybridized carbons (Fsp3) is 0.812. The van der Waals surface area contributed by atoms with Gasteiger partial charge in [-0.3, -0.25) is 4.79 Å². The summed E-state index contributed by atoms with van der Waals surface area (Å²) in [7, 11) is 0. The Bertz CT molecular complexity index is 449. The van der Waals surface area contributed by atoms with E-state index in [9.17, 15) is 9.59 Å². The molecule has 124 valence electrons. The number of hydrogen-bond acceptors (Lipinski definition) is 4. The number of hydrogen-bond donors (Lipinski definition) is 1. The molecule has 1 heterocycles. The van der Waals surface area contributed by atoms with Gasteiger partial charge in [0, 0.05) is 19.0 Å². The maximum atomic E-state index is 12.4. The van der Waals surface area contributed by atoms with Crippen LogP contribution in [-0.4, -0.2) is 41.1 Å². The summed E-state index contributed by atoms with van der Waals surface area (Å²) < 4.78 is 5.24. The van der Waals surface area contributed by atoms with Crippen LogP contribution in [0.5, 0.6) is 0 Å². The van der Waals surface area contributed by atoms with Crippen LogP contribution >= 0.6 is 0 Å². The molecule has 1 aliphatic heterocycles. The number of carbonyl (C=O) groups excluding carboxylic acids is 2. The number of likely N-dealkylation sites (tertiary alicyclic amines) is 1.